The van der Waals surface area contributed by atoms with Crippen LogP contribution < -0.4 is 5.73 Å². The van der Waals surface area contributed by atoms with E-state index in [-0.39, 0.29) is 5.92 Å². The van der Waals surface area contributed by atoms with E-state index in [1.807, 2.05) is 13.8 Å². The molecular formula is C11H21NO4S. The Labute approximate surface area is 103 Å². The Kier molecular flexibility index (Phi) is 5.12. The zero-order chi connectivity index (χ0) is 13.1. The molecule has 1 aliphatic carbocycles. The molecule has 0 aromatic carbocycles. The van der Waals surface area contributed by atoms with Crippen molar-refractivity contribution in [1.82, 2.24) is 0 Å². The second-order valence-corrected chi connectivity index (χ2v) is 6.28. The topological polar surface area (TPSA) is 89.6 Å². The third-order valence-electron chi connectivity index (χ3n) is 3.31. The maximum Gasteiger partial charge on any atom is 0.268 e. The van der Waals surface area contributed by atoms with Crippen molar-refractivity contribution in [3.05, 3.63) is 11.1 Å². The highest BCUT2D eigenvalue weighted by atomic mass is 32.2. The van der Waals surface area contributed by atoms with Gasteiger partial charge in [0, 0.05) is 12.5 Å². The fourth-order valence-corrected chi connectivity index (χ4v) is 3.30. The molecule has 0 fully saturated rings. The van der Waals surface area contributed by atoms with E-state index >= 15 is 0 Å². The molecule has 17 heavy (non-hydrogen) atoms. The Hall–Kier alpha value is -0.430. The summed E-state index contributed by atoms with van der Waals surface area (Å²) in [4.78, 5) is 0. The van der Waals surface area contributed by atoms with Gasteiger partial charge in [-0.05, 0) is 26.7 Å². The Bertz CT molecular complexity index is 388. The summed E-state index contributed by atoms with van der Waals surface area (Å²) in [6.07, 6.45) is 1.04. The normalized spacial score (nSPS) is 26.4. The SMILES string of the molecule is CC1=C(C)CC(S(=O)(=O)O)C(COCCN)C1. The Morgan fingerprint density at radius 3 is 2.47 bits per heavy atom. The van der Waals surface area contributed by atoms with Crippen molar-refractivity contribution >= 4 is 10.1 Å². The van der Waals surface area contributed by atoms with Crippen molar-refractivity contribution in [3.8, 4) is 0 Å². The molecule has 2 unspecified atom stereocenters. The molecule has 6 heteroatoms. The van der Waals surface area contributed by atoms with Crippen LogP contribution in [0.25, 0.3) is 0 Å². The standard InChI is InChI=1S/C11H21NO4S/c1-8-5-10(7-16-4-3-12)11(6-9(8)2)17(13,14)15/h10-11H,3-7,12H2,1-2H3,(H,13,14,15). The summed E-state index contributed by atoms with van der Waals surface area (Å²) in [5.74, 6) is -0.180. The van der Waals surface area contributed by atoms with E-state index in [1.165, 1.54) is 5.57 Å². The first-order valence-electron chi connectivity index (χ1n) is 5.75. The van der Waals surface area contributed by atoms with Gasteiger partial charge in [0.15, 0.2) is 0 Å². The highest BCUT2D eigenvalue weighted by Gasteiger charge is 2.35. The van der Waals surface area contributed by atoms with E-state index in [0.717, 1.165) is 5.57 Å². The summed E-state index contributed by atoms with van der Waals surface area (Å²) < 4.78 is 37.2. The first kappa shape index (κ1) is 14.6. The smallest absolute Gasteiger partial charge is 0.268 e. The summed E-state index contributed by atoms with van der Waals surface area (Å²) in [7, 11) is -4.01. The molecule has 5 nitrogen and oxygen atoms in total. The highest BCUT2D eigenvalue weighted by Crippen LogP contribution is 2.33. The van der Waals surface area contributed by atoms with E-state index in [0.29, 0.717) is 32.6 Å². The van der Waals surface area contributed by atoms with Crippen molar-refractivity contribution in [2.24, 2.45) is 11.7 Å². The van der Waals surface area contributed by atoms with Crippen molar-refractivity contribution in [2.45, 2.75) is 31.9 Å². The highest BCUT2D eigenvalue weighted by molar-refractivity contribution is 7.86. The first-order valence-corrected chi connectivity index (χ1v) is 7.26. The van der Waals surface area contributed by atoms with Gasteiger partial charge in [-0.2, -0.15) is 8.42 Å². The van der Waals surface area contributed by atoms with Crippen molar-refractivity contribution in [2.75, 3.05) is 19.8 Å². The number of hydrogen-bond donors (Lipinski definition) is 2. The lowest BCUT2D eigenvalue weighted by Gasteiger charge is -2.30. The summed E-state index contributed by atoms with van der Waals surface area (Å²) in [5, 5.41) is -0.746. The van der Waals surface area contributed by atoms with Gasteiger partial charge in [0.1, 0.15) is 0 Å². The molecule has 0 aromatic rings. The van der Waals surface area contributed by atoms with Crippen LogP contribution in [-0.2, 0) is 14.9 Å². The fraction of sp³-hybridized carbons (Fsp3) is 0.818. The lowest BCUT2D eigenvalue weighted by Crippen LogP contribution is -2.36. The minimum Gasteiger partial charge on any atom is -0.380 e. The largest absolute Gasteiger partial charge is 0.380 e. The van der Waals surface area contributed by atoms with Crippen LogP contribution in [0.1, 0.15) is 26.7 Å². The van der Waals surface area contributed by atoms with Crippen LogP contribution in [0, 0.1) is 5.92 Å². The van der Waals surface area contributed by atoms with Gasteiger partial charge < -0.3 is 10.5 Å². The molecule has 0 saturated heterocycles. The molecule has 0 saturated carbocycles. The zero-order valence-corrected chi connectivity index (χ0v) is 11.2. The lowest BCUT2D eigenvalue weighted by molar-refractivity contribution is 0.100. The molecule has 0 radical (unpaired) electrons. The number of hydrogen-bond acceptors (Lipinski definition) is 4. The van der Waals surface area contributed by atoms with Crippen LogP contribution in [0.4, 0.5) is 0 Å². The summed E-state index contributed by atoms with van der Waals surface area (Å²) >= 11 is 0. The first-order chi connectivity index (χ1) is 7.86. The van der Waals surface area contributed by atoms with Crippen molar-refractivity contribution in [1.29, 1.82) is 0 Å². The van der Waals surface area contributed by atoms with Gasteiger partial charge in [-0.15, -0.1) is 0 Å². The minimum absolute atomic E-state index is 0.180. The third-order valence-corrected chi connectivity index (χ3v) is 4.62. The van der Waals surface area contributed by atoms with Gasteiger partial charge >= 0.3 is 0 Å². The van der Waals surface area contributed by atoms with Crippen LogP contribution in [0.2, 0.25) is 0 Å². The molecule has 2 atom stereocenters. The van der Waals surface area contributed by atoms with E-state index in [1.54, 1.807) is 0 Å². The van der Waals surface area contributed by atoms with Crippen LogP contribution in [0.15, 0.2) is 11.1 Å². The van der Waals surface area contributed by atoms with Gasteiger partial charge in [-0.3, -0.25) is 4.55 Å². The number of rotatable bonds is 5. The van der Waals surface area contributed by atoms with Gasteiger partial charge in [0.25, 0.3) is 10.1 Å². The fourth-order valence-electron chi connectivity index (χ4n) is 2.17. The van der Waals surface area contributed by atoms with Gasteiger partial charge in [0.05, 0.1) is 18.5 Å². The van der Waals surface area contributed by atoms with Crippen LogP contribution >= 0.6 is 0 Å². The average molecular weight is 263 g/mol. The molecule has 0 aliphatic heterocycles. The monoisotopic (exact) mass is 263 g/mol. The van der Waals surface area contributed by atoms with Crippen molar-refractivity contribution in [3.63, 3.8) is 0 Å². The quantitative estimate of drug-likeness (QED) is 0.438. The predicted octanol–water partition coefficient (Wildman–Crippen LogP) is 0.965. The van der Waals surface area contributed by atoms with Crippen LogP contribution in [0.3, 0.4) is 0 Å². The third kappa shape index (κ3) is 4.06. The molecular weight excluding hydrogens is 242 g/mol. The molecule has 0 amide bonds. The second kappa shape index (κ2) is 5.95. The number of ether oxygens (including phenoxy) is 1. The van der Waals surface area contributed by atoms with Gasteiger partial charge in [-0.25, -0.2) is 0 Å². The molecule has 1 rings (SSSR count). The van der Waals surface area contributed by atoms with E-state index in [9.17, 15) is 13.0 Å². The van der Waals surface area contributed by atoms with E-state index < -0.39 is 15.4 Å². The van der Waals surface area contributed by atoms with E-state index in [2.05, 4.69) is 0 Å². The van der Waals surface area contributed by atoms with Crippen LogP contribution in [0.5, 0.6) is 0 Å². The Morgan fingerprint density at radius 1 is 1.35 bits per heavy atom. The maximum absolute atomic E-state index is 11.3. The Balaban J connectivity index is 2.77. The number of nitrogens with two attached hydrogens (primary N) is 1. The molecule has 0 aromatic heterocycles. The summed E-state index contributed by atoms with van der Waals surface area (Å²) in [5.41, 5.74) is 7.54. The number of allylic oxidation sites excluding steroid dienone is 2. The van der Waals surface area contributed by atoms with Gasteiger partial charge in [-0.1, -0.05) is 11.1 Å². The average Bonchev–Trinajstić information content (AvgIpc) is 2.21. The van der Waals surface area contributed by atoms with Gasteiger partial charge in [0.2, 0.25) is 0 Å². The van der Waals surface area contributed by atoms with Crippen molar-refractivity contribution < 1.29 is 17.7 Å². The van der Waals surface area contributed by atoms with Crippen LogP contribution in [-0.4, -0.2) is 38.0 Å². The summed E-state index contributed by atoms with van der Waals surface area (Å²) in [6.45, 7) is 5.05. The second-order valence-electron chi connectivity index (χ2n) is 4.65. The lowest BCUT2D eigenvalue weighted by atomic mass is 9.85. The Morgan fingerprint density at radius 2 is 1.94 bits per heavy atom. The molecule has 0 heterocycles. The molecule has 3 N–H and O–H groups in total. The molecule has 0 spiro atoms. The maximum atomic E-state index is 11.3. The molecule has 100 valence electrons. The molecule has 0 bridgehead atoms. The summed E-state index contributed by atoms with van der Waals surface area (Å²) in [6, 6.07) is 0. The predicted molar refractivity (Wildman–Crippen MR) is 66.3 cm³/mol. The molecule has 1 aliphatic rings. The zero-order valence-electron chi connectivity index (χ0n) is 10.3. The van der Waals surface area contributed by atoms with E-state index in [4.69, 9.17) is 10.5 Å². The minimum atomic E-state index is -4.01.